The van der Waals surface area contributed by atoms with Crippen LogP contribution < -0.4 is 15.2 Å². The number of hydrogen-bond donors (Lipinski definition) is 1. The Morgan fingerprint density at radius 3 is 2.27 bits per heavy atom. The smallest absolute Gasteiger partial charge is 0.161 e. The average Bonchev–Trinajstić information content (AvgIpc) is 2.53. The predicted molar refractivity (Wildman–Crippen MR) is 90.8 cm³/mol. The highest BCUT2D eigenvalue weighted by Crippen LogP contribution is 2.28. The van der Waals surface area contributed by atoms with E-state index >= 15 is 0 Å². The van der Waals surface area contributed by atoms with E-state index in [4.69, 9.17) is 15.2 Å². The van der Waals surface area contributed by atoms with Gasteiger partial charge in [0.25, 0.3) is 0 Å². The van der Waals surface area contributed by atoms with Crippen molar-refractivity contribution in [2.24, 2.45) is 5.73 Å². The molecule has 1 atom stereocenters. The summed E-state index contributed by atoms with van der Waals surface area (Å²) in [4.78, 5) is 0. The van der Waals surface area contributed by atoms with E-state index in [1.807, 2.05) is 25.1 Å². The van der Waals surface area contributed by atoms with Crippen LogP contribution in [0, 0.1) is 13.8 Å². The largest absolute Gasteiger partial charge is 0.493 e. The zero-order valence-corrected chi connectivity index (χ0v) is 13.6. The van der Waals surface area contributed by atoms with Gasteiger partial charge in [0.05, 0.1) is 13.7 Å². The zero-order chi connectivity index (χ0) is 15.9. The molecule has 2 aromatic carbocycles. The van der Waals surface area contributed by atoms with Crippen LogP contribution in [-0.4, -0.2) is 20.3 Å². The third-order valence-electron chi connectivity index (χ3n) is 3.88. The van der Waals surface area contributed by atoms with E-state index in [2.05, 4.69) is 31.2 Å². The van der Waals surface area contributed by atoms with Crippen LogP contribution in [0.5, 0.6) is 11.5 Å². The van der Waals surface area contributed by atoms with Crippen molar-refractivity contribution in [1.29, 1.82) is 0 Å². The SMILES string of the molecule is COc1cc(C)ccc1OCCC(CN)c1ccc(C)cc1. The summed E-state index contributed by atoms with van der Waals surface area (Å²) in [5, 5.41) is 0. The summed E-state index contributed by atoms with van der Waals surface area (Å²) in [6, 6.07) is 14.5. The Labute approximate surface area is 133 Å². The lowest BCUT2D eigenvalue weighted by Gasteiger charge is -2.17. The summed E-state index contributed by atoms with van der Waals surface area (Å²) in [5.41, 5.74) is 9.61. The summed E-state index contributed by atoms with van der Waals surface area (Å²) < 4.78 is 11.2. The first-order chi connectivity index (χ1) is 10.6. The molecule has 118 valence electrons. The fourth-order valence-corrected chi connectivity index (χ4v) is 2.46. The first-order valence-electron chi connectivity index (χ1n) is 7.68. The number of aryl methyl sites for hydroxylation is 2. The Hall–Kier alpha value is -2.00. The molecule has 0 fully saturated rings. The van der Waals surface area contributed by atoms with Crippen molar-refractivity contribution in [3.8, 4) is 11.5 Å². The minimum Gasteiger partial charge on any atom is -0.493 e. The van der Waals surface area contributed by atoms with Gasteiger partial charge < -0.3 is 15.2 Å². The van der Waals surface area contributed by atoms with Crippen LogP contribution in [0.3, 0.4) is 0 Å². The normalized spacial score (nSPS) is 12.0. The highest BCUT2D eigenvalue weighted by molar-refractivity contribution is 5.42. The third kappa shape index (κ3) is 4.25. The van der Waals surface area contributed by atoms with Crippen LogP contribution in [0.1, 0.15) is 29.0 Å². The molecule has 0 aliphatic carbocycles. The van der Waals surface area contributed by atoms with Crippen LogP contribution in [-0.2, 0) is 0 Å². The van der Waals surface area contributed by atoms with Crippen molar-refractivity contribution < 1.29 is 9.47 Å². The summed E-state index contributed by atoms with van der Waals surface area (Å²) >= 11 is 0. The van der Waals surface area contributed by atoms with E-state index in [1.54, 1.807) is 7.11 Å². The molecule has 0 spiro atoms. The number of methoxy groups -OCH3 is 1. The van der Waals surface area contributed by atoms with E-state index in [-0.39, 0.29) is 0 Å². The van der Waals surface area contributed by atoms with Crippen molar-refractivity contribution in [2.45, 2.75) is 26.2 Å². The maximum Gasteiger partial charge on any atom is 0.161 e. The summed E-state index contributed by atoms with van der Waals surface area (Å²) in [5.74, 6) is 1.88. The number of rotatable bonds is 7. The number of nitrogens with two attached hydrogens (primary N) is 1. The Balaban J connectivity index is 1.95. The zero-order valence-electron chi connectivity index (χ0n) is 13.6. The molecule has 0 amide bonds. The molecule has 2 rings (SSSR count). The summed E-state index contributed by atoms with van der Waals surface area (Å²) in [7, 11) is 1.66. The molecular formula is C19H25NO2. The van der Waals surface area contributed by atoms with Crippen LogP contribution in [0.2, 0.25) is 0 Å². The van der Waals surface area contributed by atoms with Gasteiger partial charge in [0.1, 0.15) is 0 Å². The van der Waals surface area contributed by atoms with Crippen molar-refractivity contribution in [1.82, 2.24) is 0 Å². The molecule has 0 heterocycles. The third-order valence-corrected chi connectivity index (χ3v) is 3.88. The van der Waals surface area contributed by atoms with Gasteiger partial charge in [-0.3, -0.25) is 0 Å². The summed E-state index contributed by atoms with van der Waals surface area (Å²) in [6.45, 7) is 5.37. The Morgan fingerprint density at radius 1 is 0.955 bits per heavy atom. The van der Waals surface area contributed by atoms with Gasteiger partial charge in [-0.25, -0.2) is 0 Å². The molecule has 0 saturated carbocycles. The van der Waals surface area contributed by atoms with Crippen molar-refractivity contribution in [2.75, 3.05) is 20.3 Å². The van der Waals surface area contributed by atoms with Crippen LogP contribution in [0.15, 0.2) is 42.5 Å². The summed E-state index contributed by atoms with van der Waals surface area (Å²) in [6.07, 6.45) is 0.886. The highest BCUT2D eigenvalue weighted by atomic mass is 16.5. The second kappa shape index (κ2) is 7.85. The average molecular weight is 299 g/mol. The number of hydrogen-bond acceptors (Lipinski definition) is 3. The van der Waals surface area contributed by atoms with E-state index < -0.39 is 0 Å². The molecule has 2 N–H and O–H groups in total. The monoisotopic (exact) mass is 299 g/mol. The van der Waals surface area contributed by atoms with E-state index in [0.717, 1.165) is 23.5 Å². The molecule has 3 heteroatoms. The maximum atomic E-state index is 5.92. The van der Waals surface area contributed by atoms with Gasteiger partial charge in [0.15, 0.2) is 11.5 Å². The molecule has 0 saturated heterocycles. The van der Waals surface area contributed by atoms with E-state index in [1.165, 1.54) is 11.1 Å². The minimum absolute atomic E-state index is 0.317. The lowest BCUT2D eigenvalue weighted by Crippen LogP contribution is -2.15. The van der Waals surface area contributed by atoms with E-state index in [9.17, 15) is 0 Å². The Morgan fingerprint density at radius 2 is 1.64 bits per heavy atom. The standard InChI is InChI=1S/C19H25NO2/c1-14-4-7-16(8-5-14)17(13-20)10-11-22-18-9-6-15(2)12-19(18)21-3/h4-9,12,17H,10-11,13,20H2,1-3H3. The van der Waals surface area contributed by atoms with Gasteiger partial charge in [-0.1, -0.05) is 35.9 Å². The molecule has 0 aliphatic heterocycles. The van der Waals surface area contributed by atoms with Gasteiger partial charge in [0, 0.05) is 0 Å². The fourth-order valence-electron chi connectivity index (χ4n) is 2.46. The van der Waals surface area contributed by atoms with Gasteiger partial charge in [-0.2, -0.15) is 0 Å². The fraction of sp³-hybridized carbons (Fsp3) is 0.368. The van der Waals surface area contributed by atoms with Gasteiger partial charge in [-0.05, 0) is 56.0 Å². The molecule has 0 radical (unpaired) electrons. The molecule has 2 aromatic rings. The van der Waals surface area contributed by atoms with Crippen molar-refractivity contribution in [3.05, 3.63) is 59.2 Å². The molecule has 3 nitrogen and oxygen atoms in total. The molecular weight excluding hydrogens is 274 g/mol. The van der Waals surface area contributed by atoms with E-state index in [0.29, 0.717) is 19.1 Å². The first kappa shape index (κ1) is 16.4. The van der Waals surface area contributed by atoms with Gasteiger partial charge >= 0.3 is 0 Å². The predicted octanol–water partition coefficient (Wildman–Crippen LogP) is 3.82. The van der Waals surface area contributed by atoms with Crippen LogP contribution in [0.4, 0.5) is 0 Å². The maximum absolute atomic E-state index is 5.92. The molecule has 0 aromatic heterocycles. The topological polar surface area (TPSA) is 44.5 Å². The van der Waals surface area contributed by atoms with Crippen LogP contribution >= 0.6 is 0 Å². The lowest BCUT2D eigenvalue weighted by atomic mass is 9.95. The second-order valence-corrected chi connectivity index (χ2v) is 5.63. The molecule has 0 aliphatic rings. The van der Waals surface area contributed by atoms with Gasteiger partial charge in [0.2, 0.25) is 0 Å². The van der Waals surface area contributed by atoms with Crippen LogP contribution in [0.25, 0.3) is 0 Å². The Bertz CT molecular complexity index is 593. The molecule has 22 heavy (non-hydrogen) atoms. The highest BCUT2D eigenvalue weighted by Gasteiger charge is 2.11. The van der Waals surface area contributed by atoms with Gasteiger partial charge in [-0.15, -0.1) is 0 Å². The quantitative estimate of drug-likeness (QED) is 0.845. The Kier molecular flexibility index (Phi) is 5.84. The minimum atomic E-state index is 0.317. The number of ether oxygens (including phenoxy) is 2. The number of benzene rings is 2. The lowest BCUT2D eigenvalue weighted by molar-refractivity contribution is 0.280. The van der Waals surface area contributed by atoms with Crippen molar-refractivity contribution in [3.63, 3.8) is 0 Å². The van der Waals surface area contributed by atoms with Crippen molar-refractivity contribution >= 4 is 0 Å². The first-order valence-corrected chi connectivity index (χ1v) is 7.68. The molecule has 1 unspecified atom stereocenters. The molecule has 0 bridgehead atoms. The second-order valence-electron chi connectivity index (χ2n) is 5.63.